The lowest BCUT2D eigenvalue weighted by Gasteiger charge is -2.37. The maximum atomic E-state index is 13.1. The zero-order valence-corrected chi connectivity index (χ0v) is 15.1. The molecular formula is C20H27N3O3. The Morgan fingerprint density at radius 3 is 2.92 bits per heavy atom. The molecule has 3 aliphatic rings. The molecule has 140 valence electrons. The maximum Gasteiger partial charge on any atom is 0.254 e. The Labute approximate surface area is 154 Å². The second-order valence-corrected chi connectivity index (χ2v) is 7.67. The van der Waals surface area contributed by atoms with Crippen LogP contribution in [0.2, 0.25) is 0 Å². The first kappa shape index (κ1) is 17.5. The van der Waals surface area contributed by atoms with Crippen LogP contribution in [0.1, 0.15) is 36.0 Å². The van der Waals surface area contributed by atoms with Crippen LogP contribution >= 0.6 is 0 Å². The molecule has 2 saturated heterocycles. The molecule has 2 aliphatic heterocycles. The Kier molecular flexibility index (Phi) is 4.96. The van der Waals surface area contributed by atoms with Gasteiger partial charge in [0.25, 0.3) is 5.91 Å². The van der Waals surface area contributed by atoms with Crippen molar-refractivity contribution in [3.8, 4) is 0 Å². The average Bonchev–Trinajstić information content (AvgIpc) is 3.14. The van der Waals surface area contributed by atoms with E-state index in [0.717, 1.165) is 32.4 Å². The molecule has 2 N–H and O–H groups in total. The third-order valence-electron chi connectivity index (χ3n) is 6.16. The number of carbonyl (C=O) groups is 2. The van der Waals surface area contributed by atoms with Crippen LogP contribution in [0.4, 0.5) is 5.69 Å². The minimum absolute atomic E-state index is 0.000591. The number of rotatable bonds is 3. The van der Waals surface area contributed by atoms with Gasteiger partial charge >= 0.3 is 0 Å². The number of carbonyl (C=O) groups excluding carboxylic acids is 2. The number of ether oxygens (including phenoxy) is 1. The molecule has 1 aromatic carbocycles. The summed E-state index contributed by atoms with van der Waals surface area (Å²) in [6, 6.07) is 7.32. The highest BCUT2D eigenvalue weighted by Gasteiger charge is 2.49. The number of amides is 2. The van der Waals surface area contributed by atoms with Gasteiger partial charge in [0.15, 0.2) is 0 Å². The molecule has 0 aromatic heterocycles. The van der Waals surface area contributed by atoms with Crippen LogP contribution in [0.15, 0.2) is 24.3 Å². The van der Waals surface area contributed by atoms with Gasteiger partial charge in [0, 0.05) is 30.9 Å². The fraction of sp³-hybridized carbons (Fsp3) is 0.600. The smallest absolute Gasteiger partial charge is 0.254 e. The minimum Gasteiger partial charge on any atom is -0.378 e. The van der Waals surface area contributed by atoms with E-state index in [4.69, 9.17) is 4.74 Å². The normalized spacial score (nSPS) is 28.5. The van der Waals surface area contributed by atoms with Gasteiger partial charge in [-0.05, 0) is 43.5 Å². The molecule has 3 fully saturated rings. The van der Waals surface area contributed by atoms with E-state index in [-0.39, 0.29) is 17.2 Å². The van der Waals surface area contributed by atoms with Crippen molar-refractivity contribution >= 4 is 17.5 Å². The molecule has 4 rings (SSSR count). The van der Waals surface area contributed by atoms with Crippen molar-refractivity contribution in [1.29, 1.82) is 0 Å². The van der Waals surface area contributed by atoms with Crippen LogP contribution in [-0.4, -0.2) is 56.1 Å². The van der Waals surface area contributed by atoms with Crippen molar-refractivity contribution in [2.24, 2.45) is 11.3 Å². The number of anilines is 1. The van der Waals surface area contributed by atoms with Crippen molar-refractivity contribution in [2.75, 3.05) is 44.7 Å². The Morgan fingerprint density at radius 1 is 1.23 bits per heavy atom. The number of morpholine rings is 1. The molecule has 1 aliphatic carbocycles. The zero-order chi connectivity index (χ0) is 18.0. The zero-order valence-electron chi connectivity index (χ0n) is 15.1. The highest BCUT2D eigenvalue weighted by atomic mass is 16.5. The average molecular weight is 357 g/mol. The van der Waals surface area contributed by atoms with E-state index in [1.165, 1.54) is 6.42 Å². The van der Waals surface area contributed by atoms with Crippen LogP contribution in [0.25, 0.3) is 0 Å². The highest BCUT2D eigenvalue weighted by Crippen LogP contribution is 2.44. The van der Waals surface area contributed by atoms with Gasteiger partial charge in [-0.2, -0.15) is 0 Å². The van der Waals surface area contributed by atoms with Crippen molar-refractivity contribution < 1.29 is 14.3 Å². The Morgan fingerprint density at radius 2 is 2.08 bits per heavy atom. The summed E-state index contributed by atoms with van der Waals surface area (Å²) < 4.78 is 5.31. The lowest BCUT2D eigenvalue weighted by molar-refractivity contribution is -0.128. The fourth-order valence-electron chi connectivity index (χ4n) is 4.62. The molecule has 0 radical (unpaired) electrons. The fourth-order valence-corrected chi connectivity index (χ4v) is 4.62. The molecule has 0 bridgehead atoms. The van der Waals surface area contributed by atoms with Crippen molar-refractivity contribution in [3.63, 3.8) is 0 Å². The number of hydrogen-bond acceptors (Lipinski definition) is 4. The van der Waals surface area contributed by atoms with Crippen LogP contribution in [0.5, 0.6) is 0 Å². The third kappa shape index (κ3) is 3.23. The lowest BCUT2D eigenvalue weighted by Crippen LogP contribution is -2.44. The van der Waals surface area contributed by atoms with E-state index in [9.17, 15) is 9.59 Å². The van der Waals surface area contributed by atoms with Crippen LogP contribution in [-0.2, 0) is 9.53 Å². The van der Waals surface area contributed by atoms with E-state index < -0.39 is 0 Å². The summed E-state index contributed by atoms with van der Waals surface area (Å²) in [6.45, 7) is 4.09. The van der Waals surface area contributed by atoms with Gasteiger partial charge < -0.3 is 20.3 Å². The van der Waals surface area contributed by atoms with E-state index in [1.807, 2.05) is 18.2 Å². The highest BCUT2D eigenvalue weighted by molar-refractivity contribution is 5.99. The second-order valence-electron chi connectivity index (χ2n) is 7.67. The third-order valence-corrected chi connectivity index (χ3v) is 6.16. The van der Waals surface area contributed by atoms with Gasteiger partial charge in [0.2, 0.25) is 5.91 Å². The summed E-state index contributed by atoms with van der Waals surface area (Å²) in [5, 5.41) is 6.51. The number of nitrogens with one attached hydrogen (secondary N) is 2. The number of hydrogen-bond donors (Lipinski definition) is 2. The van der Waals surface area contributed by atoms with Gasteiger partial charge in [-0.25, -0.2) is 0 Å². The van der Waals surface area contributed by atoms with E-state index in [2.05, 4.69) is 10.6 Å². The molecule has 1 aromatic rings. The predicted octanol–water partition coefficient (Wildman–Crippen LogP) is 1.88. The topological polar surface area (TPSA) is 70.7 Å². The molecule has 1 saturated carbocycles. The molecule has 6 nitrogen and oxygen atoms in total. The lowest BCUT2D eigenvalue weighted by atomic mass is 9.67. The van der Waals surface area contributed by atoms with Crippen molar-refractivity contribution in [1.82, 2.24) is 10.2 Å². The number of fused-ring (bicyclic) bond motifs is 1. The van der Waals surface area contributed by atoms with E-state index in [0.29, 0.717) is 43.5 Å². The molecular weight excluding hydrogens is 330 g/mol. The Bertz CT molecular complexity index is 687. The van der Waals surface area contributed by atoms with Crippen LogP contribution in [0.3, 0.4) is 0 Å². The molecule has 2 heterocycles. The first-order valence-corrected chi connectivity index (χ1v) is 9.68. The Balaban J connectivity index is 1.48. The standard InChI is InChI=1S/C20H27N3O3/c24-18(23-8-10-26-11-9-23)15-4-3-6-17(12-15)22-19(25)20-7-2-1-5-16(20)13-21-14-20/h3-4,6,12,16,21H,1-2,5,7-11,13-14H2,(H,22,25)/t16-,20+/m0/s1. The van der Waals surface area contributed by atoms with Gasteiger partial charge in [0.05, 0.1) is 18.6 Å². The van der Waals surface area contributed by atoms with Gasteiger partial charge in [-0.1, -0.05) is 18.9 Å². The Hall–Kier alpha value is -1.92. The number of benzene rings is 1. The quantitative estimate of drug-likeness (QED) is 0.867. The molecule has 26 heavy (non-hydrogen) atoms. The minimum atomic E-state index is -0.289. The summed E-state index contributed by atoms with van der Waals surface area (Å²) in [6.07, 6.45) is 4.39. The predicted molar refractivity (Wildman–Crippen MR) is 99.1 cm³/mol. The van der Waals surface area contributed by atoms with Gasteiger partial charge in [-0.15, -0.1) is 0 Å². The van der Waals surface area contributed by atoms with Crippen molar-refractivity contribution in [3.05, 3.63) is 29.8 Å². The first-order chi connectivity index (χ1) is 12.7. The summed E-state index contributed by atoms with van der Waals surface area (Å²) in [5.41, 5.74) is 1.04. The summed E-state index contributed by atoms with van der Waals surface area (Å²) in [7, 11) is 0. The maximum absolute atomic E-state index is 13.1. The van der Waals surface area contributed by atoms with E-state index in [1.54, 1.807) is 11.0 Å². The van der Waals surface area contributed by atoms with Gasteiger partial charge in [-0.3, -0.25) is 9.59 Å². The molecule has 0 unspecified atom stereocenters. The second kappa shape index (κ2) is 7.37. The molecule has 0 spiro atoms. The van der Waals surface area contributed by atoms with Gasteiger partial charge in [0.1, 0.15) is 0 Å². The number of nitrogens with zero attached hydrogens (tertiary/aromatic N) is 1. The largest absolute Gasteiger partial charge is 0.378 e. The molecule has 6 heteroatoms. The summed E-state index contributed by atoms with van der Waals surface area (Å²) >= 11 is 0. The molecule has 2 amide bonds. The van der Waals surface area contributed by atoms with E-state index >= 15 is 0 Å². The summed E-state index contributed by atoms with van der Waals surface area (Å²) in [5.74, 6) is 0.526. The SMILES string of the molecule is O=C(c1cccc(NC(=O)[C@@]23CCCC[C@H]2CNC3)c1)N1CCOCC1. The monoisotopic (exact) mass is 357 g/mol. The van der Waals surface area contributed by atoms with Crippen LogP contribution < -0.4 is 10.6 Å². The van der Waals surface area contributed by atoms with Crippen molar-refractivity contribution in [2.45, 2.75) is 25.7 Å². The first-order valence-electron chi connectivity index (χ1n) is 9.68. The molecule has 2 atom stereocenters. The van der Waals surface area contributed by atoms with Crippen LogP contribution in [0, 0.1) is 11.3 Å². The summed E-state index contributed by atoms with van der Waals surface area (Å²) in [4.78, 5) is 27.6.